The number of hydrogen-bond acceptors (Lipinski definition) is 4. The highest BCUT2D eigenvalue weighted by atomic mass is 16.5. The molecule has 0 bridgehead atoms. The van der Waals surface area contributed by atoms with Crippen LogP contribution in [0.25, 0.3) is 0 Å². The lowest BCUT2D eigenvalue weighted by Gasteiger charge is -2.21. The van der Waals surface area contributed by atoms with Crippen LogP contribution in [-0.4, -0.2) is 36.6 Å². The van der Waals surface area contributed by atoms with Crippen molar-refractivity contribution in [3.8, 4) is 0 Å². The van der Waals surface area contributed by atoms with Crippen molar-refractivity contribution in [1.82, 2.24) is 5.32 Å². The summed E-state index contributed by atoms with van der Waals surface area (Å²) in [5.41, 5.74) is 7.27. The van der Waals surface area contributed by atoms with Crippen LogP contribution in [0, 0.1) is 0 Å². The molecule has 6 nitrogen and oxygen atoms in total. The van der Waals surface area contributed by atoms with Crippen molar-refractivity contribution in [1.29, 1.82) is 0 Å². The molecule has 0 aliphatic carbocycles. The van der Waals surface area contributed by atoms with Gasteiger partial charge in [0, 0.05) is 18.7 Å². The molecule has 3 atom stereocenters. The first-order chi connectivity index (χ1) is 13.2. The summed E-state index contributed by atoms with van der Waals surface area (Å²) in [7, 11) is 0. The Kier molecular flexibility index (Phi) is 6.57. The Bertz CT molecular complexity index is 752. The van der Waals surface area contributed by atoms with Crippen LogP contribution in [0.3, 0.4) is 0 Å². The number of nitrogens with two attached hydrogens (primary N) is 1. The molecule has 1 saturated heterocycles. The van der Waals surface area contributed by atoms with E-state index < -0.39 is 12.1 Å². The summed E-state index contributed by atoms with van der Waals surface area (Å²) in [6, 6.07) is 18.1. The van der Waals surface area contributed by atoms with Gasteiger partial charge in [-0.2, -0.15) is 0 Å². The van der Waals surface area contributed by atoms with Crippen LogP contribution in [0.4, 0.5) is 5.69 Å². The van der Waals surface area contributed by atoms with Gasteiger partial charge in [-0.3, -0.25) is 9.59 Å². The quantitative estimate of drug-likeness (QED) is 0.696. The van der Waals surface area contributed by atoms with Crippen LogP contribution in [0.15, 0.2) is 60.7 Å². The van der Waals surface area contributed by atoms with Gasteiger partial charge >= 0.3 is 0 Å². The summed E-state index contributed by atoms with van der Waals surface area (Å²) < 4.78 is 5.65. The lowest BCUT2D eigenvalue weighted by atomic mass is 10.0. The lowest BCUT2D eigenvalue weighted by molar-refractivity contribution is -0.134. The molecular weight excluding hydrogens is 342 g/mol. The van der Waals surface area contributed by atoms with Crippen molar-refractivity contribution in [3.63, 3.8) is 0 Å². The van der Waals surface area contributed by atoms with Gasteiger partial charge in [-0.05, 0) is 30.5 Å². The van der Waals surface area contributed by atoms with E-state index in [0.29, 0.717) is 25.1 Å². The molecule has 1 aliphatic rings. The molecule has 1 fully saturated rings. The maximum absolute atomic E-state index is 12.8. The maximum atomic E-state index is 12.8. The highest BCUT2D eigenvalue weighted by Crippen LogP contribution is 2.19. The van der Waals surface area contributed by atoms with Crippen LogP contribution in [-0.2, 0) is 20.7 Å². The van der Waals surface area contributed by atoms with Crippen molar-refractivity contribution in [2.75, 3.05) is 11.9 Å². The summed E-state index contributed by atoms with van der Waals surface area (Å²) in [5, 5.41) is 5.72. The average molecular weight is 367 g/mol. The molecule has 2 amide bonds. The summed E-state index contributed by atoms with van der Waals surface area (Å²) in [5.74, 6) is -0.526. The number of benzene rings is 2. The minimum atomic E-state index is -0.694. The molecular formula is C21H25N3O3. The van der Waals surface area contributed by atoms with Gasteiger partial charge in [0.15, 0.2) is 0 Å². The number of rotatable bonds is 7. The van der Waals surface area contributed by atoms with Gasteiger partial charge < -0.3 is 21.1 Å². The number of anilines is 1. The molecule has 0 spiro atoms. The fraction of sp³-hybridized carbons (Fsp3) is 0.333. The van der Waals surface area contributed by atoms with Gasteiger partial charge in [0.25, 0.3) is 0 Å². The van der Waals surface area contributed by atoms with Gasteiger partial charge in [0.05, 0.1) is 6.10 Å². The van der Waals surface area contributed by atoms with Crippen LogP contribution in [0.2, 0.25) is 0 Å². The molecule has 0 radical (unpaired) electrons. The van der Waals surface area contributed by atoms with E-state index in [9.17, 15) is 9.59 Å². The second-order valence-corrected chi connectivity index (χ2v) is 6.67. The normalized spacial score (nSPS) is 20.0. The number of nitrogens with one attached hydrogen (secondary N) is 2. The first kappa shape index (κ1) is 19.1. The smallest absolute Gasteiger partial charge is 0.249 e. The van der Waals surface area contributed by atoms with Crippen LogP contribution < -0.4 is 16.4 Å². The van der Waals surface area contributed by atoms with E-state index in [-0.39, 0.29) is 17.9 Å². The Hall–Kier alpha value is -2.70. The highest BCUT2D eigenvalue weighted by molar-refractivity contribution is 5.97. The molecule has 142 valence electrons. The third-order valence-electron chi connectivity index (χ3n) is 4.62. The van der Waals surface area contributed by atoms with E-state index in [1.165, 1.54) is 0 Å². The molecule has 2 aromatic carbocycles. The average Bonchev–Trinajstić information content (AvgIpc) is 3.18. The lowest BCUT2D eigenvalue weighted by Crippen LogP contribution is -2.48. The third-order valence-corrected chi connectivity index (χ3v) is 4.62. The zero-order valence-electron chi connectivity index (χ0n) is 15.1. The fourth-order valence-corrected chi connectivity index (χ4v) is 3.15. The van der Waals surface area contributed by atoms with E-state index in [4.69, 9.17) is 10.5 Å². The van der Waals surface area contributed by atoms with Gasteiger partial charge in [-0.15, -0.1) is 0 Å². The molecule has 3 rings (SSSR count). The van der Waals surface area contributed by atoms with Gasteiger partial charge in [0.2, 0.25) is 11.8 Å². The Morgan fingerprint density at radius 2 is 1.70 bits per heavy atom. The Labute approximate surface area is 159 Å². The van der Waals surface area contributed by atoms with Crippen molar-refractivity contribution in [3.05, 3.63) is 66.2 Å². The molecule has 6 heteroatoms. The summed E-state index contributed by atoms with van der Waals surface area (Å²) in [6.07, 6.45) is 1.13. The number of hydrogen-bond donors (Lipinski definition) is 3. The minimum Gasteiger partial charge on any atom is -0.364 e. The predicted octanol–water partition coefficient (Wildman–Crippen LogP) is 1.86. The summed E-state index contributed by atoms with van der Waals surface area (Å²) in [4.78, 5) is 25.4. The fourth-order valence-electron chi connectivity index (χ4n) is 3.15. The summed E-state index contributed by atoms with van der Waals surface area (Å²) >= 11 is 0. The van der Waals surface area contributed by atoms with Crippen LogP contribution in [0.1, 0.15) is 18.4 Å². The van der Waals surface area contributed by atoms with Gasteiger partial charge in [-0.25, -0.2) is 0 Å². The van der Waals surface area contributed by atoms with Crippen LogP contribution in [0.5, 0.6) is 0 Å². The minimum absolute atomic E-state index is 0.0912. The van der Waals surface area contributed by atoms with Crippen molar-refractivity contribution in [2.24, 2.45) is 5.73 Å². The van der Waals surface area contributed by atoms with Crippen molar-refractivity contribution >= 4 is 17.5 Å². The molecule has 0 saturated carbocycles. The van der Waals surface area contributed by atoms with E-state index >= 15 is 0 Å². The zero-order valence-corrected chi connectivity index (χ0v) is 15.1. The summed E-state index contributed by atoms with van der Waals surface area (Å²) in [6.45, 7) is 0.395. The largest absolute Gasteiger partial charge is 0.364 e. The van der Waals surface area contributed by atoms with E-state index in [2.05, 4.69) is 10.6 Å². The van der Waals surface area contributed by atoms with Crippen molar-refractivity contribution < 1.29 is 14.3 Å². The SMILES string of the molecule is NC[C@H]1CC[C@@H](C(=O)NC(Cc2ccccc2)C(=O)Nc2ccccc2)O1. The maximum Gasteiger partial charge on any atom is 0.249 e. The topological polar surface area (TPSA) is 93.5 Å². The predicted molar refractivity (Wildman–Crippen MR) is 104 cm³/mol. The highest BCUT2D eigenvalue weighted by Gasteiger charge is 2.32. The Balaban J connectivity index is 1.69. The Morgan fingerprint density at radius 1 is 1.04 bits per heavy atom. The molecule has 1 heterocycles. The number of amides is 2. The zero-order chi connectivity index (χ0) is 19.1. The molecule has 4 N–H and O–H groups in total. The van der Waals surface area contributed by atoms with E-state index in [1.54, 1.807) is 0 Å². The molecule has 1 unspecified atom stereocenters. The van der Waals surface area contributed by atoms with Crippen LogP contribution >= 0.6 is 0 Å². The number of carbonyl (C=O) groups excluding carboxylic acids is 2. The van der Waals surface area contributed by atoms with E-state index in [0.717, 1.165) is 12.0 Å². The standard InChI is InChI=1S/C21H25N3O3/c22-14-17-11-12-19(27-17)21(26)24-18(13-15-7-3-1-4-8-15)20(25)23-16-9-5-2-6-10-16/h1-10,17-19H,11-14,22H2,(H,23,25)(H,24,26)/t17-,18?,19+/m1/s1. The number of ether oxygens (including phenoxy) is 1. The second kappa shape index (κ2) is 9.30. The molecule has 2 aromatic rings. The first-order valence-corrected chi connectivity index (χ1v) is 9.21. The van der Waals surface area contributed by atoms with Crippen molar-refractivity contribution in [2.45, 2.75) is 37.5 Å². The molecule has 27 heavy (non-hydrogen) atoms. The monoisotopic (exact) mass is 367 g/mol. The Morgan fingerprint density at radius 3 is 2.33 bits per heavy atom. The second-order valence-electron chi connectivity index (χ2n) is 6.67. The van der Waals surface area contributed by atoms with Gasteiger partial charge in [-0.1, -0.05) is 48.5 Å². The first-order valence-electron chi connectivity index (χ1n) is 9.21. The van der Waals surface area contributed by atoms with E-state index in [1.807, 2.05) is 60.7 Å². The number of carbonyl (C=O) groups is 2. The third kappa shape index (κ3) is 5.39. The van der Waals surface area contributed by atoms with Gasteiger partial charge in [0.1, 0.15) is 12.1 Å². The molecule has 1 aliphatic heterocycles. The number of para-hydroxylation sites is 1. The molecule has 0 aromatic heterocycles.